The molecular weight excluding hydrogens is 282 g/mol. The highest BCUT2D eigenvalue weighted by atomic mass is 79.9. The first kappa shape index (κ1) is 12.3. The van der Waals surface area contributed by atoms with Crippen molar-refractivity contribution in [3.05, 3.63) is 34.1 Å². The largest absolute Gasteiger partial charge is 0.419 e. The van der Waals surface area contributed by atoms with Crippen LogP contribution in [0.4, 0.5) is 0 Å². The van der Waals surface area contributed by atoms with E-state index in [4.69, 9.17) is 10.2 Å². The van der Waals surface area contributed by atoms with Gasteiger partial charge in [0.2, 0.25) is 11.8 Å². The molecule has 0 aliphatic carbocycles. The third-order valence-electron chi connectivity index (χ3n) is 2.70. The molecule has 1 aromatic carbocycles. The Labute approximate surface area is 108 Å². The number of hydrogen-bond acceptors (Lipinski definition) is 4. The first-order valence-electron chi connectivity index (χ1n) is 5.48. The Bertz CT molecular complexity index is 524. The van der Waals surface area contributed by atoms with Crippen LogP contribution in [0.15, 0.2) is 27.1 Å². The Hall–Kier alpha value is -1.20. The van der Waals surface area contributed by atoms with Gasteiger partial charge in [-0.1, -0.05) is 28.9 Å². The smallest absolute Gasteiger partial charge is 0.248 e. The molecule has 2 rings (SSSR count). The first-order valence-corrected chi connectivity index (χ1v) is 6.27. The molecule has 0 saturated heterocycles. The Kier molecular flexibility index (Phi) is 3.59. The summed E-state index contributed by atoms with van der Waals surface area (Å²) in [6.07, 6.45) is 0.777. The minimum absolute atomic E-state index is 0.191. The van der Waals surface area contributed by atoms with Gasteiger partial charge in [0.15, 0.2) is 0 Å². The van der Waals surface area contributed by atoms with Gasteiger partial charge in [-0.3, -0.25) is 0 Å². The molecule has 1 heterocycles. The zero-order valence-electron chi connectivity index (χ0n) is 9.77. The van der Waals surface area contributed by atoms with Gasteiger partial charge < -0.3 is 10.2 Å². The average Bonchev–Trinajstić information content (AvgIpc) is 2.81. The highest BCUT2D eigenvalue weighted by Gasteiger charge is 2.15. The van der Waals surface area contributed by atoms with Gasteiger partial charge in [0.1, 0.15) is 0 Å². The predicted molar refractivity (Wildman–Crippen MR) is 69.4 cm³/mol. The Balaban J connectivity index is 2.40. The van der Waals surface area contributed by atoms with Gasteiger partial charge in [-0.15, -0.1) is 10.2 Å². The Morgan fingerprint density at radius 3 is 2.88 bits per heavy atom. The van der Waals surface area contributed by atoms with E-state index < -0.39 is 0 Å². The fourth-order valence-electron chi connectivity index (χ4n) is 1.51. The molecule has 1 atom stereocenters. The average molecular weight is 296 g/mol. The van der Waals surface area contributed by atoms with Crippen molar-refractivity contribution in [1.29, 1.82) is 0 Å². The minimum Gasteiger partial charge on any atom is -0.419 e. The SMILES string of the molecule is CCC(N)c1nnc(-c2cccc(Br)c2C)o1. The molecule has 1 unspecified atom stereocenters. The van der Waals surface area contributed by atoms with Crippen molar-refractivity contribution in [2.24, 2.45) is 5.73 Å². The fourth-order valence-corrected chi connectivity index (χ4v) is 1.87. The lowest BCUT2D eigenvalue weighted by atomic mass is 10.1. The van der Waals surface area contributed by atoms with Crippen LogP contribution in [0.25, 0.3) is 11.5 Å². The van der Waals surface area contributed by atoms with E-state index in [9.17, 15) is 0 Å². The molecule has 0 bridgehead atoms. The van der Waals surface area contributed by atoms with Crippen molar-refractivity contribution >= 4 is 15.9 Å². The maximum absolute atomic E-state index is 5.85. The number of nitrogens with two attached hydrogens (primary N) is 1. The summed E-state index contributed by atoms with van der Waals surface area (Å²) < 4.78 is 6.61. The van der Waals surface area contributed by atoms with Crippen LogP contribution < -0.4 is 5.73 Å². The van der Waals surface area contributed by atoms with Crippen molar-refractivity contribution < 1.29 is 4.42 Å². The predicted octanol–water partition coefficient (Wildman–Crippen LogP) is 3.22. The van der Waals surface area contributed by atoms with E-state index >= 15 is 0 Å². The summed E-state index contributed by atoms with van der Waals surface area (Å²) in [6.45, 7) is 3.99. The van der Waals surface area contributed by atoms with Crippen LogP contribution in [0.3, 0.4) is 0 Å². The Morgan fingerprint density at radius 2 is 2.18 bits per heavy atom. The van der Waals surface area contributed by atoms with Crippen LogP contribution in [0, 0.1) is 6.92 Å². The molecule has 90 valence electrons. The van der Waals surface area contributed by atoms with Crippen molar-refractivity contribution in [3.8, 4) is 11.5 Å². The standard InChI is InChI=1S/C12H14BrN3O/c1-3-10(14)12-16-15-11(17-12)8-5-4-6-9(13)7(8)2/h4-6,10H,3,14H2,1-2H3. The summed E-state index contributed by atoms with van der Waals surface area (Å²) in [5.41, 5.74) is 7.86. The number of rotatable bonds is 3. The number of halogens is 1. The molecule has 0 radical (unpaired) electrons. The molecule has 4 nitrogen and oxygen atoms in total. The van der Waals surface area contributed by atoms with E-state index in [-0.39, 0.29) is 6.04 Å². The lowest BCUT2D eigenvalue weighted by Gasteiger charge is -2.03. The maximum atomic E-state index is 5.85. The molecule has 0 amide bonds. The van der Waals surface area contributed by atoms with Crippen LogP contribution in [0.1, 0.15) is 30.8 Å². The zero-order chi connectivity index (χ0) is 12.4. The molecule has 0 fully saturated rings. The molecule has 5 heteroatoms. The minimum atomic E-state index is -0.191. The molecule has 0 aliphatic rings. The lowest BCUT2D eigenvalue weighted by molar-refractivity contribution is 0.452. The summed E-state index contributed by atoms with van der Waals surface area (Å²) >= 11 is 3.48. The fraction of sp³-hybridized carbons (Fsp3) is 0.333. The van der Waals surface area contributed by atoms with E-state index in [1.807, 2.05) is 32.0 Å². The monoisotopic (exact) mass is 295 g/mol. The van der Waals surface area contributed by atoms with Crippen molar-refractivity contribution in [3.63, 3.8) is 0 Å². The number of aromatic nitrogens is 2. The summed E-state index contributed by atoms with van der Waals surface area (Å²) in [5.74, 6) is 1.00. The van der Waals surface area contributed by atoms with Gasteiger partial charge in [0.25, 0.3) is 0 Å². The van der Waals surface area contributed by atoms with E-state index in [0.717, 1.165) is 22.0 Å². The highest BCUT2D eigenvalue weighted by molar-refractivity contribution is 9.10. The van der Waals surface area contributed by atoms with E-state index in [0.29, 0.717) is 11.8 Å². The Morgan fingerprint density at radius 1 is 1.41 bits per heavy atom. The van der Waals surface area contributed by atoms with Crippen LogP contribution in [-0.2, 0) is 0 Å². The molecule has 1 aromatic heterocycles. The van der Waals surface area contributed by atoms with Crippen LogP contribution in [-0.4, -0.2) is 10.2 Å². The van der Waals surface area contributed by atoms with E-state index in [2.05, 4.69) is 26.1 Å². The molecule has 0 saturated carbocycles. The third-order valence-corrected chi connectivity index (χ3v) is 3.55. The van der Waals surface area contributed by atoms with Crippen LogP contribution in [0.2, 0.25) is 0 Å². The summed E-state index contributed by atoms with van der Waals surface area (Å²) in [7, 11) is 0. The van der Waals surface area contributed by atoms with Crippen molar-refractivity contribution in [2.75, 3.05) is 0 Å². The van der Waals surface area contributed by atoms with Gasteiger partial charge >= 0.3 is 0 Å². The van der Waals surface area contributed by atoms with Gasteiger partial charge in [-0.05, 0) is 31.0 Å². The van der Waals surface area contributed by atoms with Crippen LogP contribution >= 0.6 is 15.9 Å². The molecule has 2 N–H and O–H groups in total. The second kappa shape index (κ2) is 4.98. The molecule has 0 spiro atoms. The lowest BCUT2D eigenvalue weighted by Crippen LogP contribution is -2.08. The van der Waals surface area contributed by atoms with Crippen molar-refractivity contribution in [2.45, 2.75) is 26.3 Å². The summed E-state index contributed by atoms with van der Waals surface area (Å²) in [6, 6.07) is 5.68. The summed E-state index contributed by atoms with van der Waals surface area (Å²) in [5, 5.41) is 8.02. The maximum Gasteiger partial charge on any atom is 0.248 e. The van der Waals surface area contributed by atoms with Crippen LogP contribution in [0.5, 0.6) is 0 Å². The second-order valence-electron chi connectivity index (χ2n) is 3.87. The van der Waals surface area contributed by atoms with E-state index in [1.54, 1.807) is 0 Å². The number of nitrogens with zero attached hydrogens (tertiary/aromatic N) is 2. The van der Waals surface area contributed by atoms with Gasteiger partial charge in [-0.25, -0.2) is 0 Å². The number of benzene rings is 1. The van der Waals surface area contributed by atoms with E-state index in [1.165, 1.54) is 0 Å². The second-order valence-corrected chi connectivity index (χ2v) is 4.73. The number of hydrogen-bond donors (Lipinski definition) is 1. The zero-order valence-corrected chi connectivity index (χ0v) is 11.4. The topological polar surface area (TPSA) is 64.9 Å². The first-order chi connectivity index (χ1) is 8.13. The summed E-state index contributed by atoms with van der Waals surface area (Å²) in [4.78, 5) is 0. The van der Waals surface area contributed by atoms with Gasteiger partial charge in [-0.2, -0.15) is 0 Å². The normalized spacial score (nSPS) is 12.7. The molecule has 2 aromatic rings. The highest BCUT2D eigenvalue weighted by Crippen LogP contribution is 2.28. The quantitative estimate of drug-likeness (QED) is 0.944. The molecule has 17 heavy (non-hydrogen) atoms. The van der Waals surface area contributed by atoms with Gasteiger partial charge in [0.05, 0.1) is 6.04 Å². The molecular formula is C12H14BrN3O. The third kappa shape index (κ3) is 2.40. The van der Waals surface area contributed by atoms with Crippen molar-refractivity contribution in [1.82, 2.24) is 10.2 Å². The molecule has 0 aliphatic heterocycles. The van der Waals surface area contributed by atoms with Gasteiger partial charge in [0, 0.05) is 10.0 Å².